The maximum atomic E-state index is 12.7. The van der Waals surface area contributed by atoms with Crippen molar-refractivity contribution in [1.29, 1.82) is 0 Å². The number of carbonyl (C=O) groups excluding carboxylic acids is 1. The summed E-state index contributed by atoms with van der Waals surface area (Å²) < 4.78 is 0. The number of nitrogens with one attached hydrogen (secondary N) is 2. The van der Waals surface area contributed by atoms with Gasteiger partial charge in [0.2, 0.25) is 0 Å². The molecule has 0 saturated carbocycles. The third-order valence-electron chi connectivity index (χ3n) is 4.54. The van der Waals surface area contributed by atoms with Crippen molar-refractivity contribution in [2.75, 3.05) is 23.3 Å². The number of benzene rings is 2. The van der Waals surface area contributed by atoms with Crippen LogP contribution in [-0.2, 0) is 0 Å². The SMILES string of the molecule is O=C(Nc1ccccc1N1CCCC1)c1cc(-c2cccc(Cl)c2)n[nH]1. The third-order valence-corrected chi connectivity index (χ3v) is 4.78. The molecule has 26 heavy (non-hydrogen) atoms. The molecule has 5 nitrogen and oxygen atoms in total. The second-order valence-corrected chi connectivity index (χ2v) is 6.78. The summed E-state index contributed by atoms with van der Waals surface area (Å²) >= 11 is 6.03. The van der Waals surface area contributed by atoms with E-state index < -0.39 is 0 Å². The Morgan fingerprint density at radius 3 is 2.69 bits per heavy atom. The number of halogens is 1. The van der Waals surface area contributed by atoms with Crippen LogP contribution in [0.25, 0.3) is 11.3 Å². The number of hydrogen-bond donors (Lipinski definition) is 2. The summed E-state index contributed by atoms with van der Waals surface area (Å²) in [6.07, 6.45) is 2.37. The highest BCUT2D eigenvalue weighted by Gasteiger charge is 2.18. The number of H-pyrrole nitrogens is 1. The molecule has 0 radical (unpaired) electrons. The predicted molar refractivity (Wildman–Crippen MR) is 105 cm³/mol. The summed E-state index contributed by atoms with van der Waals surface area (Å²) in [7, 11) is 0. The van der Waals surface area contributed by atoms with Crippen molar-refractivity contribution in [3.63, 3.8) is 0 Å². The molecule has 132 valence electrons. The number of amides is 1. The van der Waals surface area contributed by atoms with Crippen LogP contribution < -0.4 is 10.2 Å². The van der Waals surface area contributed by atoms with Gasteiger partial charge in [0.25, 0.3) is 5.91 Å². The van der Waals surface area contributed by atoms with E-state index in [-0.39, 0.29) is 5.91 Å². The van der Waals surface area contributed by atoms with E-state index in [1.807, 2.05) is 42.5 Å². The van der Waals surface area contributed by atoms with Gasteiger partial charge in [0.1, 0.15) is 5.69 Å². The molecule has 1 aromatic heterocycles. The molecule has 2 N–H and O–H groups in total. The molecule has 0 aliphatic carbocycles. The molecule has 0 atom stereocenters. The fourth-order valence-electron chi connectivity index (χ4n) is 3.24. The van der Waals surface area contributed by atoms with Gasteiger partial charge in [-0.05, 0) is 43.2 Å². The molecule has 1 amide bonds. The first-order chi connectivity index (χ1) is 12.7. The van der Waals surface area contributed by atoms with Crippen LogP contribution in [0.5, 0.6) is 0 Å². The lowest BCUT2D eigenvalue weighted by Crippen LogP contribution is -2.21. The van der Waals surface area contributed by atoms with Crippen LogP contribution in [0, 0.1) is 0 Å². The first kappa shape index (κ1) is 16.7. The largest absolute Gasteiger partial charge is 0.370 e. The van der Waals surface area contributed by atoms with E-state index in [9.17, 15) is 4.79 Å². The Morgan fingerprint density at radius 1 is 1.08 bits per heavy atom. The molecule has 2 aromatic carbocycles. The minimum atomic E-state index is -0.211. The number of anilines is 2. The molecular formula is C20H19ClN4O. The number of rotatable bonds is 4. The lowest BCUT2D eigenvalue weighted by Gasteiger charge is -2.21. The predicted octanol–water partition coefficient (Wildman–Crippen LogP) is 4.58. The molecular weight excluding hydrogens is 348 g/mol. The average Bonchev–Trinajstić information content (AvgIpc) is 3.34. The van der Waals surface area contributed by atoms with Gasteiger partial charge in [-0.2, -0.15) is 5.10 Å². The number of para-hydroxylation sites is 2. The maximum absolute atomic E-state index is 12.7. The van der Waals surface area contributed by atoms with E-state index in [0.717, 1.165) is 30.0 Å². The van der Waals surface area contributed by atoms with E-state index in [1.165, 1.54) is 12.8 Å². The zero-order valence-corrected chi connectivity index (χ0v) is 15.0. The fraction of sp³-hybridized carbons (Fsp3) is 0.200. The summed E-state index contributed by atoms with van der Waals surface area (Å²) in [6.45, 7) is 2.05. The highest BCUT2D eigenvalue weighted by atomic mass is 35.5. The minimum Gasteiger partial charge on any atom is -0.370 e. The molecule has 1 saturated heterocycles. The average molecular weight is 367 g/mol. The normalized spacial score (nSPS) is 13.8. The first-order valence-electron chi connectivity index (χ1n) is 8.67. The Hall–Kier alpha value is -2.79. The van der Waals surface area contributed by atoms with E-state index in [2.05, 4.69) is 20.4 Å². The second-order valence-electron chi connectivity index (χ2n) is 6.34. The third kappa shape index (κ3) is 3.44. The molecule has 6 heteroatoms. The summed E-state index contributed by atoms with van der Waals surface area (Å²) in [5.74, 6) is -0.211. The monoisotopic (exact) mass is 366 g/mol. The highest BCUT2D eigenvalue weighted by molar-refractivity contribution is 6.30. The van der Waals surface area contributed by atoms with Gasteiger partial charge >= 0.3 is 0 Å². The van der Waals surface area contributed by atoms with Crippen molar-refractivity contribution < 1.29 is 4.79 Å². The van der Waals surface area contributed by atoms with Gasteiger partial charge in [0, 0.05) is 23.7 Å². The highest BCUT2D eigenvalue weighted by Crippen LogP contribution is 2.29. The first-order valence-corrected chi connectivity index (χ1v) is 9.05. The van der Waals surface area contributed by atoms with Gasteiger partial charge in [0.05, 0.1) is 17.1 Å². The van der Waals surface area contributed by atoms with Crippen LogP contribution in [-0.4, -0.2) is 29.2 Å². The van der Waals surface area contributed by atoms with Crippen LogP contribution in [0.3, 0.4) is 0 Å². The van der Waals surface area contributed by atoms with Gasteiger partial charge in [-0.3, -0.25) is 9.89 Å². The van der Waals surface area contributed by atoms with E-state index in [4.69, 9.17) is 11.6 Å². The van der Waals surface area contributed by atoms with Crippen molar-refractivity contribution in [2.45, 2.75) is 12.8 Å². The van der Waals surface area contributed by atoms with E-state index in [1.54, 1.807) is 12.1 Å². The van der Waals surface area contributed by atoms with E-state index >= 15 is 0 Å². The van der Waals surface area contributed by atoms with Crippen molar-refractivity contribution in [3.05, 3.63) is 65.3 Å². The van der Waals surface area contributed by atoms with Gasteiger partial charge < -0.3 is 10.2 Å². The summed E-state index contributed by atoms with van der Waals surface area (Å²) in [6, 6.07) is 17.0. The summed E-state index contributed by atoms with van der Waals surface area (Å²) in [4.78, 5) is 15.0. The lowest BCUT2D eigenvalue weighted by atomic mass is 10.1. The standard InChI is InChI=1S/C20H19ClN4O/c21-15-7-5-6-14(12-15)17-13-18(24-23-17)20(26)22-16-8-1-2-9-19(16)25-10-3-4-11-25/h1-2,5-9,12-13H,3-4,10-11H2,(H,22,26)(H,23,24). The topological polar surface area (TPSA) is 61.0 Å². The Morgan fingerprint density at radius 2 is 1.88 bits per heavy atom. The van der Waals surface area contributed by atoms with Crippen molar-refractivity contribution in [2.24, 2.45) is 0 Å². The van der Waals surface area contributed by atoms with E-state index in [0.29, 0.717) is 16.4 Å². The van der Waals surface area contributed by atoms with Crippen LogP contribution in [0.1, 0.15) is 23.3 Å². The van der Waals surface area contributed by atoms with Crippen LogP contribution in [0.15, 0.2) is 54.6 Å². The molecule has 1 aliphatic heterocycles. The maximum Gasteiger partial charge on any atom is 0.273 e. The quantitative estimate of drug-likeness (QED) is 0.710. The fourth-order valence-corrected chi connectivity index (χ4v) is 3.43. The molecule has 0 unspecified atom stereocenters. The Bertz CT molecular complexity index is 931. The van der Waals surface area contributed by atoms with Gasteiger partial charge in [0.15, 0.2) is 0 Å². The van der Waals surface area contributed by atoms with Gasteiger partial charge in [-0.15, -0.1) is 0 Å². The van der Waals surface area contributed by atoms with Crippen molar-refractivity contribution >= 4 is 28.9 Å². The molecule has 2 heterocycles. The Labute approximate surface area is 157 Å². The van der Waals surface area contributed by atoms with Crippen LogP contribution >= 0.6 is 11.6 Å². The summed E-state index contributed by atoms with van der Waals surface area (Å²) in [5, 5.41) is 10.7. The zero-order valence-electron chi connectivity index (χ0n) is 14.2. The van der Waals surface area contributed by atoms with Gasteiger partial charge in [-0.25, -0.2) is 0 Å². The Kier molecular flexibility index (Phi) is 4.63. The number of aromatic nitrogens is 2. The molecule has 1 fully saturated rings. The van der Waals surface area contributed by atoms with Crippen LogP contribution in [0.2, 0.25) is 5.02 Å². The number of aromatic amines is 1. The smallest absolute Gasteiger partial charge is 0.273 e. The van der Waals surface area contributed by atoms with Gasteiger partial charge in [-0.1, -0.05) is 35.9 Å². The second kappa shape index (κ2) is 7.22. The van der Waals surface area contributed by atoms with Crippen molar-refractivity contribution in [1.82, 2.24) is 10.2 Å². The molecule has 0 bridgehead atoms. The number of nitrogens with zero attached hydrogens (tertiary/aromatic N) is 2. The lowest BCUT2D eigenvalue weighted by molar-refractivity contribution is 0.102. The molecule has 1 aliphatic rings. The Balaban J connectivity index is 1.54. The number of hydrogen-bond acceptors (Lipinski definition) is 3. The molecule has 3 aromatic rings. The minimum absolute atomic E-state index is 0.211. The summed E-state index contributed by atoms with van der Waals surface area (Å²) in [5.41, 5.74) is 3.85. The van der Waals surface area contributed by atoms with Crippen LogP contribution in [0.4, 0.5) is 11.4 Å². The number of carbonyl (C=O) groups is 1. The molecule has 0 spiro atoms. The van der Waals surface area contributed by atoms with Crippen molar-refractivity contribution in [3.8, 4) is 11.3 Å². The molecule has 4 rings (SSSR count). The zero-order chi connectivity index (χ0) is 17.9.